The Labute approximate surface area is 107 Å². The van der Waals surface area contributed by atoms with Gasteiger partial charge in [0.15, 0.2) is 0 Å². The van der Waals surface area contributed by atoms with Crippen molar-refractivity contribution in [2.24, 2.45) is 5.73 Å². The van der Waals surface area contributed by atoms with Gasteiger partial charge in [0.1, 0.15) is 5.82 Å². The van der Waals surface area contributed by atoms with Crippen molar-refractivity contribution in [3.63, 3.8) is 0 Å². The second-order valence-corrected chi connectivity index (χ2v) is 5.03. The molecule has 94 valence electrons. The lowest BCUT2D eigenvalue weighted by molar-refractivity contribution is 0.577. The lowest BCUT2D eigenvalue weighted by Crippen LogP contribution is -2.35. The molecule has 0 bridgehead atoms. The topological polar surface area (TPSA) is 26.0 Å². The van der Waals surface area contributed by atoms with Crippen molar-refractivity contribution in [3.05, 3.63) is 70.5 Å². The van der Waals surface area contributed by atoms with E-state index < -0.39 is 5.54 Å². The first-order chi connectivity index (χ1) is 8.41. The van der Waals surface area contributed by atoms with Crippen molar-refractivity contribution in [1.82, 2.24) is 0 Å². The van der Waals surface area contributed by atoms with E-state index >= 15 is 0 Å². The standard InChI is InChI=1S/C16H18FN/c1-11-5-4-6-13(9-11)16(3,18)15-10-14(17)8-7-12(15)2/h4-10H,18H2,1-3H3. The normalized spacial score (nSPS) is 14.3. The van der Waals surface area contributed by atoms with Gasteiger partial charge in [0.25, 0.3) is 0 Å². The number of benzene rings is 2. The molecule has 0 saturated carbocycles. The molecule has 18 heavy (non-hydrogen) atoms. The smallest absolute Gasteiger partial charge is 0.123 e. The Hall–Kier alpha value is -1.67. The summed E-state index contributed by atoms with van der Waals surface area (Å²) in [4.78, 5) is 0. The minimum atomic E-state index is -0.682. The maximum atomic E-state index is 13.4. The molecule has 0 radical (unpaired) electrons. The first kappa shape index (κ1) is 12.8. The van der Waals surface area contributed by atoms with Gasteiger partial charge in [-0.2, -0.15) is 0 Å². The van der Waals surface area contributed by atoms with Crippen LogP contribution in [0.25, 0.3) is 0 Å². The van der Waals surface area contributed by atoms with E-state index in [9.17, 15) is 4.39 Å². The highest BCUT2D eigenvalue weighted by Crippen LogP contribution is 2.29. The predicted molar refractivity (Wildman–Crippen MR) is 73.0 cm³/mol. The molecule has 0 saturated heterocycles. The monoisotopic (exact) mass is 243 g/mol. The van der Waals surface area contributed by atoms with Crippen LogP contribution >= 0.6 is 0 Å². The fourth-order valence-corrected chi connectivity index (χ4v) is 2.28. The van der Waals surface area contributed by atoms with Gasteiger partial charge in [-0.05, 0) is 49.6 Å². The molecule has 0 aliphatic rings. The van der Waals surface area contributed by atoms with Gasteiger partial charge in [-0.15, -0.1) is 0 Å². The number of nitrogens with two attached hydrogens (primary N) is 1. The summed E-state index contributed by atoms with van der Waals surface area (Å²) in [7, 11) is 0. The molecule has 0 aromatic heterocycles. The molecule has 0 spiro atoms. The van der Waals surface area contributed by atoms with E-state index in [1.165, 1.54) is 12.1 Å². The van der Waals surface area contributed by atoms with Gasteiger partial charge in [-0.25, -0.2) is 4.39 Å². The zero-order chi connectivity index (χ0) is 13.3. The van der Waals surface area contributed by atoms with Gasteiger partial charge in [-0.3, -0.25) is 0 Å². The molecule has 2 aromatic rings. The van der Waals surface area contributed by atoms with Crippen LogP contribution in [0.1, 0.15) is 29.2 Å². The van der Waals surface area contributed by atoms with Crippen molar-refractivity contribution < 1.29 is 4.39 Å². The molecule has 2 heteroatoms. The average Bonchev–Trinajstić information content (AvgIpc) is 2.32. The minimum Gasteiger partial charge on any atom is -0.318 e. The van der Waals surface area contributed by atoms with Crippen LogP contribution in [0, 0.1) is 19.7 Å². The highest BCUT2D eigenvalue weighted by atomic mass is 19.1. The van der Waals surface area contributed by atoms with Crippen LogP contribution in [0.4, 0.5) is 4.39 Å². The summed E-state index contributed by atoms with van der Waals surface area (Å²) < 4.78 is 13.4. The van der Waals surface area contributed by atoms with E-state index in [1.54, 1.807) is 6.07 Å². The van der Waals surface area contributed by atoms with Crippen molar-refractivity contribution in [1.29, 1.82) is 0 Å². The summed E-state index contributed by atoms with van der Waals surface area (Å²) in [6, 6.07) is 12.8. The summed E-state index contributed by atoms with van der Waals surface area (Å²) in [5.41, 5.74) is 9.73. The molecule has 0 fully saturated rings. The molecular formula is C16H18FN. The molecule has 1 unspecified atom stereocenters. The van der Waals surface area contributed by atoms with Crippen LogP contribution in [0.5, 0.6) is 0 Å². The second-order valence-electron chi connectivity index (χ2n) is 5.03. The Bertz CT molecular complexity index is 573. The third kappa shape index (κ3) is 2.29. The zero-order valence-corrected chi connectivity index (χ0v) is 11.0. The second kappa shape index (κ2) is 4.54. The Balaban J connectivity index is 2.57. The van der Waals surface area contributed by atoms with E-state index in [2.05, 4.69) is 0 Å². The SMILES string of the molecule is Cc1cccc(C(C)(N)c2cc(F)ccc2C)c1. The molecule has 2 rings (SSSR count). The Kier molecular flexibility index (Phi) is 3.22. The number of hydrogen-bond acceptors (Lipinski definition) is 1. The first-order valence-electron chi connectivity index (χ1n) is 6.04. The largest absolute Gasteiger partial charge is 0.318 e. The van der Waals surface area contributed by atoms with Crippen molar-refractivity contribution >= 4 is 0 Å². The summed E-state index contributed by atoms with van der Waals surface area (Å²) in [6.07, 6.45) is 0. The van der Waals surface area contributed by atoms with Crippen LogP contribution in [-0.2, 0) is 5.54 Å². The van der Waals surface area contributed by atoms with Crippen molar-refractivity contribution in [2.75, 3.05) is 0 Å². The lowest BCUT2D eigenvalue weighted by Gasteiger charge is -2.28. The van der Waals surface area contributed by atoms with Crippen LogP contribution in [0.2, 0.25) is 0 Å². The van der Waals surface area contributed by atoms with Crippen LogP contribution in [0.3, 0.4) is 0 Å². The van der Waals surface area contributed by atoms with Gasteiger partial charge < -0.3 is 5.73 Å². The Morgan fingerprint density at radius 3 is 2.44 bits per heavy atom. The van der Waals surface area contributed by atoms with E-state index in [4.69, 9.17) is 5.73 Å². The summed E-state index contributed by atoms with van der Waals surface area (Å²) in [5, 5.41) is 0. The van der Waals surface area contributed by atoms with E-state index in [1.807, 2.05) is 45.0 Å². The molecule has 2 aromatic carbocycles. The number of halogens is 1. The molecule has 0 aliphatic heterocycles. The predicted octanol–water partition coefficient (Wildman–Crippen LogP) is 3.66. The molecule has 1 nitrogen and oxygen atoms in total. The van der Waals surface area contributed by atoms with Gasteiger partial charge in [0.2, 0.25) is 0 Å². The van der Waals surface area contributed by atoms with Crippen LogP contribution < -0.4 is 5.73 Å². The first-order valence-corrected chi connectivity index (χ1v) is 6.04. The molecule has 2 N–H and O–H groups in total. The summed E-state index contributed by atoms with van der Waals surface area (Å²) >= 11 is 0. The Morgan fingerprint density at radius 2 is 1.78 bits per heavy atom. The zero-order valence-electron chi connectivity index (χ0n) is 11.0. The Morgan fingerprint density at radius 1 is 1.06 bits per heavy atom. The third-order valence-corrected chi connectivity index (χ3v) is 3.38. The summed E-state index contributed by atoms with van der Waals surface area (Å²) in [5.74, 6) is -0.250. The maximum absolute atomic E-state index is 13.4. The molecule has 0 aliphatic carbocycles. The van der Waals surface area contributed by atoms with Crippen molar-refractivity contribution in [2.45, 2.75) is 26.3 Å². The summed E-state index contributed by atoms with van der Waals surface area (Å²) in [6.45, 7) is 5.90. The fourth-order valence-electron chi connectivity index (χ4n) is 2.28. The van der Waals surface area contributed by atoms with Gasteiger partial charge in [-0.1, -0.05) is 35.9 Å². The maximum Gasteiger partial charge on any atom is 0.123 e. The van der Waals surface area contributed by atoms with Crippen molar-refractivity contribution in [3.8, 4) is 0 Å². The van der Waals surface area contributed by atoms with Gasteiger partial charge >= 0.3 is 0 Å². The number of hydrogen-bond donors (Lipinski definition) is 1. The molecular weight excluding hydrogens is 225 g/mol. The average molecular weight is 243 g/mol. The quantitative estimate of drug-likeness (QED) is 0.855. The highest BCUT2D eigenvalue weighted by molar-refractivity contribution is 5.42. The van der Waals surface area contributed by atoms with E-state index in [0.717, 1.165) is 22.3 Å². The highest BCUT2D eigenvalue weighted by Gasteiger charge is 2.25. The van der Waals surface area contributed by atoms with Crippen LogP contribution in [0.15, 0.2) is 42.5 Å². The fraction of sp³-hybridized carbons (Fsp3) is 0.250. The van der Waals surface area contributed by atoms with E-state index in [0.29, 0.717) is 0 Å². The van der Waals surface area contributed by atoms with Gasteiger partial charge in [0, 0.05) is 0 Å². The molecule has 0 heterocycles. The van der Waals surface area contributed by atoms with E-state index in [-0.39, 0.29) is 5.82 Å². The molecule has 0 amide bonds. The van der Waals surface area contributed by atoms with Crippen LogP contribution in [-0.4, -0.2) is 0 Å². The minimum absolute atomic E-state index is 0.250. The number of aryl methyl sites for hydroxylation is 2. The third-order valence-electron chi connectivity index (χ3n) is 3.38. The molecule has 1 atom stereocenters. The number of rotatable bonds is 2. The van der Waals surface area contributed by atoms with Gasteiger partial charge in [0.05, 0.1) is 5.54 Å². The lowest BCUT2D eigenvalue weighted by atomic mass is 9.83.